The minimum atomic E-state index is 0.179. The maximum absolute atomic E-state index is 12.5. The highest BCUT2D eigenvalue weighted by Crippen LogP contribution is 2.67. The Morgan fingerprint density at radius 3 is 2.44 bits per heavy atom. The van der Waals surface area contributed by atoms with E-state index in [0.717, 1.165) is 56.0 Å². The van der Waals surface area contributed by atoms with Crippen molar-refractivity contribution >= 4 is 11.8 Å². The van der Waals surface area contributed by atoms with E-state index in [1.54, 1.807) is 12.2 Å². The fraction of sp³-hybridized carbons (Fsp3) is 0.931. The first-order valence-electron chi connectivity index (χ1n) is 14.3. The van der Waals surface area contributed by atoms with Crippen molar-refractivity contribution < 1.29 is 14.4 Å². The van der Waals surface area contributed by atoms with Gasteiger partial charge in [-0.2, -0.15) is 0 Å². The van der Waals surface area contributed by atoms with Gasteiger partial charge in [-0.15, -0.1) is 0 Å². The number of fused-ring (bicyclic) bond motifs is 5. The molecule has 3 aliphatic carbocycles. The number of hydrogen-bond acceptors (Lipinski definition) is 3. The predicted molar refractivity (Wildman–Crippen MR) is 136 cm³/mol. The molecule has 0 unspecified atom stereocenters. The van der Waals surface area contributed by atoms with Crippen LogP contribution in [0.2, 0.25) is 0 Å². The zero-order chi connectivity index (χ0) is 24.7. The molecule has 4 fully saturated rings. The summed E-state index contributed by atoms with van der Waals surface area (Å²) in [5.41, 5.74) is 0.640. The van der Waals surface area contributed by atoms with E-state index in [4.69, 9.17) is 4.84 Å². The van der Waals surface area contributed by atoms with Crippen molar-refractivity contribution in [1.82, 2.24) is 9.96 Å². The number of nitrogens with zero attached hydrogens (tertiary/aromatic N) is 2. The Morgan fingerprint density at radius 1 is 1.06 bits per heavy atom. The molecule has 0 aromatic heterocycles. The number of amides is 2. The first-order valence-corrected chi connectivity index (χ1v) is 14.3. The first kappa shape index (κ1) is 26.0. The lowest BCUT2D eigenvalue weighted by atomic mass is 9.46. The molecule has 2 amide bonds. The molecule has 4 rings (SSSR count). The van der Waals surface area contributed by atoms with E-state index in [1.807, 2.05) is 4.90 Å². The van der Waals surface area contributed by atoms with Gasteiger partial charge in [0, 0.05) is 25.9 Å². The van der Waals surface area contributed by atoms with Crippen molar-refractivity contribution in [2.45, 2.75) is 111 Å². The Morgan fingerprint density at radius 2 is 1.76 bits per heavy atom. The first-order chi connectivity index (χ1) is 16.2. The van der Waals surface area contributed by atoms with Crippen LogP contribution in [-0.4, -0.2) is 48.0 Å². The SMILES string of the molecule is CCN(CC)C(=O)CCC[C@@H](C)[C@H]1CC[C@H]2[C@@H]3CC[C@@H]4N(OC)C(=O)CC[C@]4(C)[C@H]3CC[C@]12C. The molecule has 0 aromatic rings. The summed E-state index contributed by atoms with van der Waals surface area (Å²) in [6.07, 6.45) is 12.3. The lowest BCUT2D eigenvalue weighted by Crippen LogP contribution is -2.62. The van der Waals surface area contributed by atoms with Crippen molar-refractivity contribution in [2.75, 3.05) is 20.2 Å². The Kier molecular flexibility index (Phi) is 7.72. The molecule has 194 valence electrons. The number of hydroxylamine groups is 2. The van der Waals surface area contributed by atoms with Crippen molar-refractivity contribution in [1.29, 1.82) is 0 Å². The fourth-order valence-electron chi connectivity index (χ4n) is 9.55. The molecule has 1 aliphatic heterocycles. The third-order valence-electron chi connectivity index (χ3n) is 11.3. The van der Waals surface area contributed by atoms with Gasteiger partial charge in [0.1, 0.15) is 0 Å². The number of carbonyl (C=O) groups excluding carboxylic acids is 2. The summed E-state index contributed by atoms with van der Waals surface area (Å²) in [6.45, 7) is 13.4. The van der Waals surface area contributed by atoms with E-state index in [-0.39, 0.29) is 17.4 Å². The largest absolute Gasteiger partial charge is 0.343 e. The zero-order valence-corrected chi connectivity index (χ0v) is 22.8. The van der Waals surface area contributed by atoms with Gasteiger partial charge >= 0.3 is 0 Å². The van der Waals surface area contributed by atoms with Crippen LogP contribution in [0.3, 0.4) is 0 Å². The van der Waals surface area contributed by atoms with Gasteiger partial charge in [0.25, 0.3) is 0 Å². The number of carbonyl (C=O) groups is 2. The molecular formula is C29H50N2O3. The molecule has 0 bridgehead atoms. The van der Waals surface area contributed by atoms with Crippen LogP contribution in [0.1, 0.15) is 105 Å². The summed E-state index contributed by atoms with van der Waals surface area (Å²) in [5.74, 6) is 4.33. The average molecular weight is 475 g/mol. The third-order valence-corrected chi connectivity index (χ3v) is 11.3. The van der Waals surface area contributed by atoms with E-state index in [9.17, 15) is 9.59 Å². The Hall–Kier alpha value is -1.10. The molecule has 34 heavy (non-hydrogen) atoms. The highest BCUT2D eigenvalue weighted by atomic mass is 16.7. The van der Waals surface area contributed by atoms with Crippen LogP contribution in [0.4, 0.5) is 0 Å². The lowest BCUT2D eigenvalue weighted by molar-refractivity contribution is -0.236. The second-order valence-electron chi connectivity index (χ2n) is 12.5. The van der Waals surface area contributed by atoms with E-state index in [0.29, 0.717) is 30.1 Å². The molecule has 8 atom stereocenters. The van der Waals surface area contributed by atoms with Gasteiger partial charge in [-0.1, -0.05) is 20.8 Å². The molecule has 0 N–H and O–H groups in total. The molecule has 1 saturated heterocycles. The second kappa shape index (κ2) is 10.1. The summed E-state index contributed by atoms with van der Waals surface area (Å²) >= 11 is 0. The van der Waals surface area contributed by atoms with Gasteiger partial charge in [0.2, 0.25) is 11.8 Å². The summed E-state index contributed by atoms with van der Waals surface area (Å²) in [5, 5.41) is 1.74. The van der Waals surface area contributed by atoms with Crippen LogP contribution in [0.15, 0.2) is 0 Å². The van der Waals surface area contributed by atoms with Gasteiger partial charge < -0.3 is 4.90 Å². The van der Waals surface area contributed by atoms with E-state index >= 15 is 0 Å². The molecule has 0 spiro atoms. The Labute approximate surface area is 208 Å². The minimum Gasteiger partial charge on any atom is -0.343 e. The molecule has 0 aromatic carbocycles. The van der Waals surface area contributed by atoms with Crippen molar-refractivity contribution in [3.8, 4) is 0 Å². The molecule has 4 aliphatic rings. The van der Waals surface area contributed by atoms with E-state index < -0.39 is 0 Å². The quantitative estimate of drug-likeness (QED) is 0.429. The van der Waals surface area contributed by atoms with Crippen LogP contribution in [0.25, 0.3) is 0 Å². The molecule has 5 heteroatoms. The monoisotopic (exact) mass is 474 g/mol. The van der Waals surface area contributed by atoms with Crippen LogP contribution < -0.4 is 0 Å². The smallest absolute Gasteiger partial charge is 0.246 e. The minimum absolute atomic E-state index is 0.179. The zero-order valence-electron chi connectivity index (χ0n) is 22.8. The predicted octanol–water partition coefficient (Wildman–Crippen LogP) is 6.07. The van der Waals surface area contributed by atoms with Crippen LogP contribution in [0.5, 0.6) is 0 Å². The van der Waals surface area contributed by atoms with Crippen LogP contribution in [0, 0.1) is 40.4 Å². The van der Waals surface area contributed by atoms with Gasteiger partial charge in [0.15, 0.2) is 0 Å². The summed E-state index contributed by atoms with van der Waals surface area (Å²) in [6, 6.07) is 0.254. The Balaban J connectivity index is 1.41. The van der Waals surface area contributed by atoms with E-state index in [1.165, 1.54) is 38.5 Å². The molecule has 0 radical (unpaired) electrons. The Bertz CT molecular complexity index is 752. The highest BCUT2D eigenvalue weighted by Gasteiger charge is 2.62. The maximum atomic E-state index is 12.5. The highest BCUT2D eigenvalue weighted by molar-refractivity contribution is 5.76. The topological polar surface area (TPSA) is 49.9 Å². The maximum Gasteiger partial charge on any atom is 0.246 e. The standard InChI is InChI=1S/C29H50N2O3/c1-7-30(8-2)26(32)11-9-10-20(3)22-13-14-23-21-12-15-25-29(5,19-17-27(33)31(25)34-6)24(21)16-18-28(22,23)4/h20-25H,7-19H2,1-6H3/t20-,21+,22-,23+,24+,25+,28-,29-/m1/s1. The second-order valence-corrected chi connectivity index (χ2v) is 12.5. The summed E-state index contributed by atoms with van der Waals surface area (Å²) in [4.78, 5) is 32.6. The normalized spacial score (nSPS) is 40.4. The van der Waals surface area contributed by atoms with Gasteiger partial charge in [-0.3, -0.25) is 14.4 Å². The van der Waals surface area contributed by atoms with Crippen LogP contribution in [-0.2, 0) is 14.4 Å². The number of rotatable bonds is 8. The average Bonchev–Trinajstić information content (AvgIpc) is 3.17. The lowest BCUT2D eigenvalue weighted by Gasteiger charge is -2.61. The summed E-state index contributed by atoms with van der Waals surface area (Å²) in [7, 11) is 1.67. The summed E-state index contributed by atoms with van der Waals surface area (Å²) < 4.78 is 0. The van der Waals surface area contributed by atoms with Crippen molar-refractivity contribution in [3.05, 3.63) is 0 Å². The van der Waals surface area contributed by atoms with Crippen molar-refractivity contribution in [2.24, 2.45) is 40.4 Å². The molecule has 3 saturated carbocycles. The number of hydrogen-bond donors (Lipinski definition) is 0. The van der Waals surface area contributed by atoms with E-state index in [2.05, 4.69) is 34.6 Å². The fourth-order valence-corrected chi connectivity index (χ4v) is 9.55. The van der Waals surface area contributed by atoms with Crippen LogP contribution >= 0.6 is 0 Å². The number of piperidine rings is 1. The molecule has 5 nitrogen and oxygen atoms in total. The van der Waals surface area contributed by atoms with Gasteiger partial charge in [-0.25, -0.2) is 5.06 Å². The molecule has 1 heterocycles. The molecular weight excluding hydrogens is 424 g/mol. The van der Waals surface area contributed by atoms with Gasteiger partial charge in [-0.05, 0) is 112 Å². The van der Waals surface area contributed by atoms with Gasteiger partial charge in [0.05, 0.1) is 13.2 Å². The van der Waals surface area contributed by atoms with Crippen molar-refractivity contribution in [3.63, 3.8) is 0 Å². The third kappa shape index (κ3) is 4.22.